The van der Waals surface area contributed by atoms with E-state index in [-0.39, 0.29) is 24.5 Å². The molecule has 0 aliphatic carbocycles. The quantitative estimate of drug-likeness (QED) is 0.673. The number of halogens is 1. The first-order valence-electron chi connectivity index (χ1n) is 7.99. The molecule has 0 saturated carbocycles. The first kappa shape index (κ1) is 20.0. The van der Waals surface area contributed by atoms with Crippen LogP contribution in [0.5, 0.6) is 0 Å². The van der Waals surface area contributed by atoms with Crippen LogP contribution in [0.3, 0.4) is 0 Å². The molecule has 0 atom stereocenters. The molecule has 0 aromatic heterocycles. The van der Waals surface area contributed by atoms with Crippen molar-refractivity contribution in [1.82, 2.24) is 9.62 Å². The Bertz CT molecular complexity index is 811. The van der Waals surface area contributed by atoms with E-state index in [1.807, 2.05) is 6.07 Å². The van der Waals surface area contributed by atoms with Gasteiger partial charge < -0.3 is 10.1 Å². The predicted octanol–water partition coefficient (Wildman–Crippen LogP) is 1.78. The van der Waals surface area contributed by atoms with Crippen molar-refractivity contribution in [1.29, 1.82) is 0 Å². The number of carbonyl (C=O) groups is 1. The molecule has 0 saturated heterocycles. The number of amides is 1. The molecule has 140 valence electrons. The van der Waals surface area contributed by atoms with E-state index in [2.05, 4.69) is 5.32 Å². The van der Waals surface area contributed by atoms with Gasteiger partial charge in [-0.3, -0.25) is 4.79 Å². The third-order valence-corrected chi connectivity index (χ3v) is 5.41. The lowest BCUT2D eigenvalue weighted by molar-refractivity contribution is -0.121. The van der Waals surface area contributed by atoms with E-state index in [4.69, 9.17) is 4.74 Å². The van der Waals surface area contributed by atoms with Crippen molar-refractivity contribution in [3.05, 3.63) is 66.0 Å². The number of rotatable bonds is 9. The second kappa shape index (κ2) is 9.42. The number of sulfonamides is 1. The highest BCUT2D eigenvalue weighted by molar-refractivity contribution is 7.89. The van der Waals surface area contributed by atoms with Gasteiger partial charge in [0.1, 0.15) is 5.82 Å². The molecule has 0 radical (unpaired) electrons. The summed E-state index contributed by atoms with van der Waals surface area (Å²) < 4.78 is 44.9. The van der Waals surface area contributed by atoms with Crippen LogP contribution >= 0.6 is 0 Å². The zero-order valence-electron chi connectivity index (χ0n) is 14.4. The zero-order valence-corrected chi connectivity index (χ0v) is 15.2. The van der Waals surface area contributed by atoms with E-state index >= 15 is 0 Å². The van der Waals surface area contributed by atoms with Gasteiger partial charge in [-0.25, -0.2) is 12.8 Å². The smallest absolute Gasteiger partial charge is 0.243 e. The van der Waals surface area contributed by atoms with Crippen molar-refractivity contribution in [2.45, 2.75) is 11.4 Å². The summed E-state index contributed by atoms with van der Waals surface area (Å²) in [5, 5.41) is 2.60. The standard InChI is InChI=1S/C18H21FN2O4S/c1-25-12-11-20-18(22)14-21(13-15-5-3-2-4-6-15)26(23,24)17-9-7-16(19)8-10-17/h2-10H,11-14H2,1H3,(H,20,22). The maximum Gasteiger partial charge on any atom is 0.243 e. The topological polar surface area (TPSA) is 75.7 Å². The summed E-state index contributed by atoms with van der Waals surface area (Å²) >= 11 is 0. The number of benzene rings is 2. The number of carbonyl (C=O) groups excluding carboxylic acids is 1. The van der Waals surface area contributed by atoms with Gasteiger partial charge in [0.05, 0.1) is 18.0 Å². The minimum atomic E-state index is -3.97. The van der Waals surface area contributed by atoms with Gasteiger partial charge in [-0.15, -0.1) is 0 Å². The highest BCUT2D eigenvalue weighted by Gasteiger charge is 2.26. The van der Waals surface area contributed by atoms with Crippen molar-refractivity contribution >= 4 is 15.9 Å². The van der Waals surface area contributed by atoms with Gasteiger partial charge in [-0.05, 0) is 29.8 Å². The summed E-state index contributed by atoms with van der Waals surface area (Å²) in [6, 6.07) is 13.5. The SMILES string of the molecule is COCCNC(=O)CN(Cc1ccccc1)S(=O)(=O)c1ccc(F)cc1. The van der Waals surface area contributed by atoms with Crippen LogP contribution in [0.15, 0.2) is 59.5 Å². The second-order valence-electron chi connectivity index (χ2n) is 5.56. The molecule has 26 heavy (non-hydrogen) atoms. The average molecular weight is 380 g/mol. The van der Waals surface area contributed by atoms with Crippen LogP contribution in [-0.2, 0) is 26.1 Å². The molecule has 6 nitrogen and oxygen atoms in total. The molecule has 0 heterocycles. The number of hydrogen-bond acceptors (Lipinski definition) is 4. The Morgan fingerprint density at radius 3 is 2.38 bits per heavy atom. The molecule has 0 unspecified atom stereocenters. The maximum absolute atomic E-state index is 13.1. The number of nitrogens with one attached hydrogen (secondary N) is 1. The van der Waals surface area contributed by atoms with Crippen LogP contribution in [0.4, 0.5) is 4.39 Å². The monoisotopic (exact) mass is 380 g/mol. The summed E-state index contributed by atoms with van der Waals surface area (Å²) in [5.74, 6) is -0.973. The van der Waals surface area contributed by atoms with Gasteiger partial charge in [-0.2, -0.15) is 4.31 Å². The maximum atomic E-state index is 13.1. The van der Waals surface area contributed by atoms with Crippen molar-refractivity contribution in [2.24, 2.45) is 0 Å². The molecule has 2 aromatic rings. The Morgan fingerprint density at radius 2 is 1.77 bits per heavy atom. The van der Waals surface area contributed by atoms with E-state index < -0.39 is 21.7 Å². The fraction of sp³-hybridized carbons (Fsp3) is 0.278. The van der Waals surface area contributed by atoms with Crippen molar-refractivity contribution in [3.63, 3.8) is 0 Å². The first-order valence-corrected chi connectivity index (χ1v) is 9.43. The summed E-state index contributed by atoms with van der Waals surface area (Å²) in [4.78, 5) is 12.0. The Morgan fingerprint density at radius 1 is 1.12 bits per heavy atom. The van der Waals surface area contributed by atoms with Gasteiger partial charge >= 0.3 is 0 Å². The summed E-state index contributed by atoms with van der Waals surface area (Å²) in [7, 11) is -2.46. The van der Waals surface area contributed by atoms with Crippen LogP contribution < -0.4 is 5.32 Å². The lowest BCUT2D eigenvalue weighted by Gasteiger charge is -2.22. The molecule has 0 aliphatic rings. The molecule has 0 fully saturated rings. The van der Waals surface area contributed by atoms with E-state index in [0.29, 0.717) is 6.61 Å². The zero-order chi connectivity index (χ0) is 19.0. The van der Waals surface area contributed by atoms with Crippen molar-refractivity contribution in [2.75, 3.05) is 26.8 Å². The molecule has 8 heteroatoms. The van der Waals surface area contributed by atoms with Crippen LogP contribution in [0.2, 0.25) is 0 Å². The summed E-state index contributed by atoms with van der Waals surface area (Å²) in [6.07, 6.45) is 0. The van der Waals surface area contributed by atoms with Crippen LogP contribution in [0, 0.1) is 5.82 Å². The third-order valence-electron chi connectivity index (χ3n) is 3.60. The lowest BCUT2D eigenvalue weighted by Crippen LogP contribution is -2.41. The fourth-order valence-electron chi connectivity index (χ4n) is 2.28. The molecule has 2 rings (SSSR count). The summed E-state index contributed by atoms with van der Waals surface area (Å²) in [5.41, 5.74) is 0.739. The van der Waals surface area contributed by atoms with Gasteiger partial charge in [0.15, 0.2) is 0 Å². The van der Waals surface area contributed by atoms with E-state index in [1.165, 1.54) is 19.2 Å². The van der Waals surface area contributed by atoms with Crippen LogP contribution in [-0.4, -0.2) is 45.4 Å². The van der Waals surface area contributed by atoms with E-state index in [9.17, 15) is 17.6 Å². The Balaban J connectivity index is 2.23. The van der Waals surface area contributed by atoms with E-state index in [1.54, 1.807) is 24.3 Å². The van der Waals surface area contributed by atoms with Crippen molar-refractivity contribution in [3.8, 4) is 0 Å². The van der Waals surface area contributed by atoms with Gasteiger partial charge in [0.25, 0.3) is 0 Å². The fourth-order valence-corrected chi connectivity index (χ4v) is 3.66. The second-order valence-corrected chi connectivity index (χ2v) is 7.49. The highest BCUT2D eigenvalue weighted by atomic mass is 32.2. The van der Waals surface area contributed by atoms with Gasteiger partial charge in [-0.1, -0.05) is 30.3 Å². The summed E-state index contributed by atoms with van der Waals surface area (Å²) in [6.45, 7) is 0.289. The Hall–Kier alpha value is -2.29. The third kappa shape index (κ3) is 5.62. The normalized spacial score (nSPS) is 11.5. The van der Waals surface area contributed by atoms with Crippen LogP contribution in [0.25, 0.3) is 0 Å². The minimum Gasteiger partial charge on any atom is -0.383 e. The van der Waals surface area contributed by atoms with Crippen LogP contribution in [0.1, 0.15) is 5.56 Å². The number of ether oxygens (including phenoxy) is 1. The largest absolute Gasteiger partial charge is 0.383 e. The Labute approximate surface area is 152 Å². The molecule has 2 aromatic carbocycles. The minimum absolute atomic E-state index is 0.0260. The molecule has 0 spiro atoms. The van der Waals surface area contributed by atoms with Gasteiger partial charge in [0, 0.05) is 20.2 Å². The molecular formula is C18H21FN2O4S. The molecule has 0 bridgehead atoms. The van der Waals surface area contributed by atoms with Gasteiger partial charge in [0.2, 0.25) is 15.9 Å². The molecular weight excluding hydrogens is 359 g/mol. The van der Waals surface area contributed by atoms with Crippen molar-refractivity contribution < 1.29 is 22.3 Å². The number of hydrogen-bond donors (Lipinski definition) is 1. The predicted molar refractivity (Wildman–Crippen MR) is 95.3 cm³/mol. The molecule has 1 N–H and O–H groups in total. The first-order chi connectivity index (χ1) is 12.4. The highest BCUT2D eigenvalue weighted by Crippen LogP contribution is 2.18. The number of nitrogens with zero attached hydrogens (tertiary/aromatic N) is 1. The van der Waals surface area contributed by atoms with E-state index in [0.717, 1.165) is 22.0 Å². The average Bonchev–Trinajstić information content (AvgIpc) is 2.62. The molecule has 0 aliphatic heterocycles. The molecule has 1 amide bonds. The lowest BCUT2D eigenvalue weighted by atomic mass is 10.2. The number of methoxy groups -OCH3 is 1. The Kier molecular flexibility index (Phi) is 7.26.